The summed E-state index contributed by atoms with van der Waals surface area (Å²) in [7, 11) is -3.61. The lowest BCUT2D eigenvalue weighted by Crippen LogP contribution is -2.38. The molecule has 0 radical (unpaired) electrons. The number of halogens is 1. The molecule has 0 atom stereocenters. The first-order chi connectivity index (χ1) is 9.50. The number of aliphatic hydroxyl groups excluding tert-OH is 1. The van der Waals surface area contributed by atoms with Gasteiger partial charge in [0.1, 0.15) is 4.90 Å². The van der Waals surface area contributed by atoms with Crippen molar-refractivity contribution in [3.8, 4) is 0 Å². The first-order valence-corrected chi connectivity index (χ1v) is 8.73. The van der Waals surface area contributed by atoms with E-state index in [2.05, 4.69) is 0 Å². The first-order valence-electron chi connectivity index (χ1n) is 6.91. The van der Waals surface area contributed by atoms with E-state index in [-0.39, 0.29) is 22.6 Å². The topological polar surface area (TPSA) is 57.6 Å². The molecule has 1 fully saturated rings. The molecule has 1 N–H and O–H groups in total. The summed E-state index contributed by atoms with van der Waals surface area (Å²) in [5.41, 5.74) is 0.551. The average Bonchev–Trinajstić information content (AvgIpc) is 2.93. The Hall–Kier alpha value is -0.620. The molecule has 0 unspecified atom stereocenters. The van der Waals surface area contributed by atoms with E-state index in [9.17, 15) is 13.5 Å². The van der Waals surface area contributed by atoms with Crippen LogP contribution in [0.25, 0.3) is 0 Å². The van der Waals surface area contributed by atoms with Gasteiger partial charge in [0.2, 0.25) is 10.0 Å². The highest BCUT2D eigenvalue weighted by atomic mass is 35.5. The lowest BCUT2D eigenvalue weighted by atomic mass is 10.2. The second kappa shape index (κ2) is 6.43. The summed E-state index contributed by atoms with van der Waals surface area (Å²) in [6.45, 7) is 2.08. The zero-order chi connectivity index (χ0) is 14.8. The molecule has 4 nitrogen and oxygen atoms in total. The molecule has 0 aliphatic heterocycles. The minimum atomic E-state index is -3.61. The summed E-state index contributed by atoms with van der Waals surface area (Å²) in [5.74, 6) is 0. The highest BCUT2D eigenvalue weighted by molar-refractivity contribution is 7.89. The third-order valence-electron chi connectivity index (χ3n) is 3.81. The summed E-state index contributed by atoms with van der Waals surface area (Å²) < 4.78 is 27.1. The van der Waals surface area contributed by atoms with Crippen molar-refractivity contribution in [1.29, 1.82) is 0 Å². The van der Waals surface area contributed by atoms with Gasteiger partial charge in [0.25, 0.3) is 0 Å². The molecule has 0 saturated heterocycles. The van der Waals surface area contributed by atoms with Crippen molar-refractivity contribution in [2.45, 2.75) is 50.2 Å². The zero-order valence-electron chi connectivity index (χ0n) is 11.5. The number of rotatable bonds is 5. The van der Waals surface area contributed by atoms with E-state index in [1.54, 1.807) is 10.4 Å². The van der Waals surface area contributed by atoms with Crippen LogP contribution >= 0.6 is 11.6 Å². The molecule has 1 aliphatic carbocycles. The van der Waals surface area contributed by atoms with Crippen molar-refractivity contribution in [2.75, 3.05) is 6.54 Å². The Balaban J connectivity index is 2.42. The number of hydrogen-bond acceptors (Lipinski definition) is 3. The lowest BCUT2D eigenvalue weighted by Gasteiger charge is -2.27. The fourth-order valence-corrected chi connectivity index (χ4v) is 5.01. The van der Waals surface area contributed by atoms with Crippen molar-refractivity contribution >= 4 is 21.6 Å². The number of benzene rings is 1. The molecule has 0 aromatic heterocycles. The number of hydrogen-bond donors (Lipinski definition) is 1. The Kier molecular flexibility index (Phi) is 5.07. The van der Waals surface area contributed by atoms with Crippen LogP contribution in [0.3, 0.4) is 0 Å². The Morgan fingerprint density at radius 1 is 1.35 bits per heavy atom. The Morgan fingerprint density at radius 3 is 2.55 bits per heavy atom. The molecular formula is C14H20ClNO3S. The predicted molar refractivity (Wildman–Crippen MR) is 79.2 cm³/mol. The van der Waals surface area contributed by atoms with Gasteiger partial charge in [0, 0.05) is 12.6 Å². The molecule has 0 amide bonds. The molecule has 1 saturated carbocycles. The van der Waals surface area contributed by atoms with E-state index in [1.807, 2.05) is 6.92 Å². The maximum atomic E-state index is 12.8. The van der Waals surface area contributed by atoms with E-state index >= 15 is 0 Å². The third kappa shape index (κ3) is 3.01. The van der Waals surface area contributed by atoms with Crippen molar-refractivity contribution in [1.82, 2.24) is 4.31 Å². The quantitative estimate of drug-likeness (QED) is 0.908. The Labute approximate surface area is 125 Å². The minimum absolute atomic E-state index is 0.0684. The van der Waals surface area contributed by atoms with Gasteiger partial charge < -0.3 is 5.11 Å². The van der Waals surface area contributed by atoms with Gasteiger partial charge in [-0.2, -0.15) is 4.31 Å². The van der Waals surface area contributed by atoms with Crippen LogP contribution < -0.4 is 0 Å². The van der Waals surface area contributed by atoms with Crippen molar-refractivity contribution in [2.24, 2.45) is 0 Å². The van der Waals surface area contributed by atoms with Crippen molar-refractivity contribution in [3.63, 3.8) is 0 Å². The summed E-state index contributed by atoms with van der Waals surface area (Å²) in [6, 6.07) is 4.70. The van der Waals surface area contributed by atoms with Crippen LogP contribution in [0, 0.1) is 0 Å². The van der Waals surface area contributed by atoms with Crippen LogP contribution in [0.2, 0.25) is 5.02 Å². The maximum Gasteiger partial charge on any atom is 0.244 e. The SMILES string of the molecule is CCN(C1CCCC1)S(=O)(=O)c1cc(CO)ccc1Cl. The van der Waals surface area contributed by atoms with E-state index in [1.165, 1.54) is 12.1 Å². The number of aliphatic hydroxyl groups is 1. The highest BCUT2D eigenvalue weighted by Crippen LogP contribution is 2.31. The van der Waals surface area contributed by atoms with Crippen molar-refractivity contribution < 1.29 is 13.5 Å². The minimum Gasteiger partial charge on any atom is -0.392 e. The van der Waals surface area contributed by atoms with Crippen LogP contribution in [-0.4, -0.2) is 30.4 Å². The van der Waals surface area contributed by atoms with Gasteiger partial charge in [-0.05, 0) is 30.5 Å². The Bertz CT molecular complexity index is 568. The molecule has 0 spiro atoms. The molecule has 1 aliphatic rings. The fraction of sp³-hybridized carbons (Fsp3) is 0.571. The summed E-state index contributed by atoms with van der Waals surface area (Å²) in [5, 5.41) is 9.38. The molecule has 112 valence electrons. The molecule has 1 aromatic rings. The predicted octanol–water partition coefficient (Wildman–Crippen LogP) is 2.79. The van der Waals surface area contributed by atoms with Gasteiger partial charge in [-0.1, -0.05) is 37.4 Å². The molecule has 2 rings (SSSR count). The molecule has 20 heavy (non-hydrogen) atoms. The molecule has 1 aromatic carbocycles. The summed E-state index contributed by atoms with van der Waals surface area (Å²) >= 11 is 6.06. The van der Waals surface area contributed by atoms with Gasteiger partial charge in [0.05, 0.1) is 11.6 Å². The van der Waals surface area contributed by atoms with Crippen molar-refractivity contribution in [3.05, 3.63) is 28.8 Å². The molecule has 6 heteroatoms. The van der Waals surface area contributed by atoms with E-state index in [0.29, 0.717) is 12.1 Å². The van der Waals surface area contributed by atoms with E-state index < -0.39 is 10.0 Å². The summed E-state index contributed by atoms with van der Waals surface area (Å²) in [4.78, 5) is 0.0967. The third-order valence-corrected chi connectivity index (χ3v) is 6.32. The van der Waals surface area contributed by atoms with Gasteiger partial charge in [-0.25, -0.2) is 8.42 Å². The zero-order valence-corrected chi connectivity index (χ0v) is 13.1. The molecule has 0 bridgehead atoms. The van der Waals surface area contributed by atoms with Crippen LogP contribution in [-0.2, 0) is 16.6 Å². The fourth-order valence-electron chi connectivity index (χ4n) is 2.79. The van der Waals surface area contributed by atoms with E-state index in [0.717, 1.165) is 25.7 Å². The van der Waals surface area contributed by atoms with Crippen LogP contribution in [0.5, 0.6) is 0 Å². The largest absolute Gasteiger partial charge is 0.392 e. The number of nitrogens with zero attached hydrogens (tertiary/aromatic N) is 1. The van der Waals surface area contributed by atoms with Crippen LogP contribution in [0.4, 0.5) is 0 Å². The van der Waals surface area contributed by atoms with Crippen LogP contribution in [0.1, 0.15) is 38.2 Å². The first kappa shape index (κ1) is 15.8. The monoisotopic (exact) mass is 317 g/mol. The second-order valence-electron chi connectivity index (χ2n) is 5.07. The Morgan fingerprint density at radius 2 is 2.00 bits per heavy atom. The summed E-state index contributed by atoms with van der Waals surface area (Å²) in [6.07, 6.45) is 3.96. The lowest BCUT2D eigenvalue weighted by molar-refractivity contribution is 0.281. The molecule has 0 heterocycles. The van der Waals surface area contributed by atoms with Crippen LogP contribution in [0.15, 0.2) is 23.1 Å². The highest BCUT2D eigenvalue weighted by Gasteiger charge is 2.33. The maximum absolute atomic E-state index is 12.8. The van der Waals surface area contributed by atoms with Gasteiger partial charge in [-0.3, -0.25) is 0 Å². The van der Waals surface area contributed by atoms with Gasteiger partial charge in [-0.15, -0.1) is 0 Å². The second-order valence-corrected chi connectivity index (χ2v) is 7.34. The smallest absolute Gasteiger partial charge is 0.244 e. The normalized spacial score (nSPS) is 17.0. The molecular weight excluding hydrogens is 298 g/mol. The van der Waals surface area contributed by atoms with Gasteiger partial charge >= 0.3 is 0 Å². The number of sulfonamides is 1. The standard InChI is InChI=1S/C14H20ClNO3S/c1-2-16(12-5-3-4-6-12)20(18,19)14-9-11(10-17)7-8-13(14)15/h7-9,12,17H,2-6,10H2,1H3. The average molecular weight is 318 g/mol. The van der Waals surface area contributed by atoms with Gasteiger partial charge in [0.15, 0.2) is 0 Å². The van der Waals surface area contributed by atoms with E-state index in [4.69, 9.17) is 11.6 Å².